The molecular weight excluding hydrogens is 422 g/mol. The fourth-order valence-corrected chi connectivity index (χ4v) is 3.73. The van der Waals surface area contributed by atoms with Crippen molar-refractivity contribution in [3.05, 3.63) is 58.2 Å². The van der Waals surface area contributed by atoms with Crippen LogP contribution >= 0.6 is 0 Å². The number of carbonyl (C=O) groups excluding carboxylic acids is 1. The molecule has 168 valence electrons. The first kappa shape index (κ1) is 24.5. The Hall–Kier alpha value is -2.74. The van der Waals surface area contributed by atoms with Crippen molar-refractivity contribution in [2.24, 2.45) is 0 Å². The maximum absolute atomic E-state index is 15.3. The van der Waals surface area contributed by atoms with Gasteiger partial charge in [-0.15, -0.1) is 0 Å². The molecular formula is C23H28F2N2O3S. The second-order valence-electron chi connectivity index (χ2n) is 7.77. The normalized spacial score (nSPS) is 12.2. The van der Waals surface area contributed by atoms with Gasteiger partial charge < -0.3 is 5.32 Å². The predicted octanol–water partition coefficient (Wildman–Crippen LogP) is 4.94. The van der Waals surface area contributed by atoms with Gasteiger partial charge in [0.2, 0.25) is 10.0 Å². The standard InChI is InChI=1S/C23H28F2N2O3S/c1-7-16(23(28)27-31(6,29)30)12-19-14(4)22(25)20(15(5)21(19)24)17-8-10-18(11-9-17)26-13(2)3/h8-13,26H,7H2,1-6H3,(H,27,28)/b16-12+. The summed E-state index contributed by atoms with van der Waals surface area (Å²) in [6.07, 6.45) is 2.21. The molecule has 0 radical (unpaired) electrons. The lowest BCUT2D eigenvalue weighted by molar-refractivity contribution is -0.115. The van der Waals surface area contributed by atoms with Crippen molar-refractivity contribution in [2.75, 3.05) is 11.6 Å². The average molecular weight is 451 g/mol. The highest BCUT2D eigenvalue weighted by atomic mass is 32.2. The summed E-state index contributed by atoms with van der Waals surface area (Å²) in [5.41, 5.74) is 1.67. The topological polar surface area (TPSA) is 75.3 Å². The van der Waals surface area contributed by atoms with E-state index in [0.29, 0.717) is 5.56 Å². The van der Waals surface area contributed by atoms with E-state index in [2.05, 4.69) is 5.32 Å². The van der Waals surface area contributed by atoms with Crippen LogP contribution in [0.25, 0.3) is 17.2 Å². The van der Waals surface area contributed by atoms with E-state index in [1.807, 2.05) is 18.6 Å². The highest BCUT2D eigenvalue weighted by Crippen LogP contribution is 2.35. The maximum Gasteiger partial charge on any atom is 0.260 e. The number of sulfonamides is 1. The largest absolute Gasteiger partial charge is 0.383 e. The Kier molecular flexibility index (Phi) is 7.59. The van der Waals surface area contributed by atoms with Crippen LogP contribution in [-0.4, -0.2) is 26.6 Å². The Morgan fingerprint density at radius 3 is 2.13 bits per heavy atom. The van der Waals surface area contributed by atoms with Crippen molar-refractivity contribution in [1.29, 1.82) is 0 Å². The molecule has 0 aliphatic heterocycles. The Bertz CT molecular complexity index is 1090. The molecule has 5 nitrogen and oxygen atoms in total. The summed E-state index contributed by atoms with van der Waals surface area (Å²) in [5.74, 6) is -2.11. The van der Waals surface area contributed by atoms with Crippen LogP contribution in [0.4, 0.5) is 14.5 Å². The smallest absolute Gasteiger partial charge is 0.260 e. The van der Waals surface area contributed by atoms with E-state index in [4.69, 9.17) is 0 Å². The Morgan fingerprint density at radius 1 is 1.06 bits per heavy atom. The van der Waals surface area contributed by atoms with Gasteiger partial charge in [-0.25, -0.2) is 21.9 Å². The number of benzene rings is 2. The Balaban J connectivity index is 2.56. The minimum absolute atomic E-state index is 0.0306. The molecule has 0 fully saturated rings. The molecule has 2 aromatic carbocycles. The summed E-state index contributed by atoms with van der Waals surface area (Å²) in [6.45, 7) is 8.55. The van der Waals surface area contributed by atoms with Crippen LogP contribution in [0.2, 0.25) is 0 Å². The zero-order valence-corrected chi connectivity index (χ0v) is 19.4. The molecule has 1 amide bonds. The molecule has 0 atom stereocenters. The third-order valence-corrected chi connectivity index (χ3v) is 5.35. The van der Waals surface area contributed by atoms with Crippen LogP contribution in [-0.2, 0) is 14.8 Å². The van der Waals surface area contributed by atoms with Crippen LogP contribution in [0.15, 0.2) is 29.8 Å². The van der Waals surface area contributed by atoms with Crippen LogP contribution in [0.1, 0.15) is 43.9 Å². The molecule has 0 bridgehead atoms. The molecule has 0 unspecified atom stereocenters. The quantitative estimate of drug-likeness (QED) is 0.586. The lowest BCUT2D eigenvalue weighted by atomic mass is 9.92. The number of anilines is 1. The van der Waals surface area contributed by atoms with E-state index in [0.717, 1.165) is 11.9 Å². The second-order valence-corrected chi connectivity index (χ2v) is 9.52. The van der Waals surface area contributed by atoms with Gasteiger partial charge in [0.25, 0.3) is 5.91 Å². The van der Waals surface area contributed by atoms with Crippen LogP contribution in [0.5, 0.6) is 0 Å². The summed E-state index contributed by atoms with van der Waals surface area (Å²) >= 11 is 0. The number of halogens is 2. The maximum atomic E-state index is 15.3. The fourth-order valence-electron chi connectivity index (χ4n) is 3.26. The van der Waals surface area contributed by atoms with Gasteiger partial charge >= 0.3 is 0 Å². The summed E-state index contributed by atoms with van der Waals surface area (Å²) < 4.78 is 55.1. The number of rotatable bonds is 7. The van der Waals surface area contributed by atoms with Crippen molar-refractivity contribution < 1.29 is 22.0 Å². The summed E-state index contributed by atoms with van der Waals surface area (Å²) in [4.78, 5) is 12.2. The van der Waals surface area contributed by atoms with Gasteiger partial charge in [-0.1, -0.05) is 19.1 Å². The average Bonchev–Trinajstić information content (AvgIpc) is 2.66. The van der Waals surface area contributed by atoms with Gasteiger partial charge in [0.15, 0.2) is 0 Å². The predicted molar refractivity (Wildman–Crippen MR) is 121 cm³/mol. The molecule has 2 N–H and O–H groups in total. The van der Waals surface area contributed by atoms with Gasteiger partial charge in [0, 0.05) is 28.4 Å². The van der Waals surface area contributed by atoms with Gasteiger partial charge in [0.05, 0.1) is 6.26 Å². The molecule has 2 aromatic rings. The molecule has 0 spiro atoms. The van der Waals surface area contributed by atoms with E-state index < -0.39 is 27.6 Å². The summed E-state index contributed by atoms with van der Waals surface area (Å²) in [7, 11) is -3.77. The molecule has 0 saturated heterocycles. The Morgan fingerprint density at radius 2 is 1.65 bits per heavy atom. The fraction of sp³-hybridized carbons (Fsp3) is 0.348. The number of hydrogen-bond donors (Lipinski definition) is 2. The minimum Gasteiger partial charge on any atom is -0.383 e. The first-order valence-corrected chi connectivity index (χ1v) is 11.8. The number of nitrogens with one attached hydrogen (secondary N) is 2. The van der Waals surface area contributed by atoms with E-state index in [1.165, 1.54) is 19.9 Å². The van der Waals surface area contributed by atoms with Crippen molar-refractivity contribution in [3.63, 3.8) is 0 Å². The molecule has 0 aromatic heterocycles. The minimum atomic E-state index is -3.77. The highest BCUT2D eigenvalue weighted by Gasteiger charge is 2.22. The number of hydrogen-bond acceptors (Lipinski definition) is 4. The first-order valence-electron chi connectivity index (χ1n) is 9.93. The zero-order valence-electron chi connectivity index (χ0n) is 18.6. The van der Waals surface area contributed by atoms with Crippen molar-refractivity contribution in [1.82, 2.24) is 4.72 Å². The summed E-state index contributed by atoms with van der Waals surface area (Å²) in [5, 5.41) is 3.24. The zero-order chi connectivity index (χ0) is 23.5. The molecule has 8 heteroatoms. The van der Waals surface area contributed by atoms with E-state index in [9.17, 15) is 13.2 Å². The monoisotopic (exact) mass is 450 g/mol. The molecule has 0 heterocycles. The van der Waals surface area contributed by atoms with Crippen molar-refractivity contribution >= 4 is 27.7 Å². The SMILES string of the molecule is CC/C(=C\c1c(C)c(F)c(-c2ccc(NC(C)C)cc2)c(C)c1F)C(=O)NS(C)(=O)=O. The molecule has 0 saturated carbocycles. The van der Waals surface area contributed by atoms with Gasteiger partial charge in [-0.05, 0) is 69.0 Å². The molecule has 2 rings (SSSR count). The first-order chi connectivity index (χ1) is 14.4. The lowest BCUT2D eigenvalue weighted by Gasteiger charge is -2.16. The third-order valence-electron chi connectivity index (χ3n) is 4.79. The summed E-state index contributed by atoms with van der Waals surface area (Å²) in [6, 6.07) is 7.30. The van der Waals surface area contributed by atoms with Crippen LogP contribution < -0.4 is 10.0 Å². The van der Waals surface area contributed by atoms with E-state index in [1.54, 1.807) is 31.2 Å². The molecule has 31 heavy (non-hydrogen) atoms. The Labute approximate surface area is 182 Å². The highest BCUT2D eigenvalue weighted by molar-refractivity contribution is 7.89. The van der Waals surface area contributed by atoms with E-state index in [-0.39, 0.29) is 40.3 Å². The molecule has 0 aliphatic carbocycles. The lowest BCUT2D eigenvalue weighted by Crippen LogP contribution is -2.30. The van der Waals surface area contributed by atoms with Gasteiger partial charge in [0.1, 0.15) is 11.6 Å². The number of carbonyl (C=O) groups is 1. The third kappa shape index (κ3) is 5.91. The molecule has 0 aliphatic rings. The van der Waals surface area contributed by atoms with Crippen LogP contribution in [0, 0.1) is 25.5 Å². The van der Waals surface area contributed by atoms with Crippen molar-refractivity contribution in [3.8, 4) is 11.1 Å². The van der Waals surface area contributed by atoms with Crippen molar-refractivity contribution in [2.45, 2.75) is 47.1 Å². The van der Waals surface area contributed by atoms with Gasteiger partial charge in [-0.2, -0.15) is 0 Å². The van der Waals surface area contributed by atoms with E-state index >= 15 is 8.78 Å². The second kappa shape index (κ2) is 9.60. The van der Waals surface area contributed by atoms with Gasteiger partial charge in [-0.3, -0.25) is 4.79 Å². The number of amides is 1. The van der Waals surface area contributed by atoms with Crippen LogP contribution in [0.3, 0.4) is 0 Å².